The number of fused-ring (bicyclic) bond motifs is 1. The molecule has 0 N–H and O–H groups in total. The van der Waals surface area contributed by atoms with Crippen LogP contribution in [0.4, 0.5) is 0 Å². The Hall–Kier alpha value is -1.69. The topological polar surface area (TPSA) is 64.4 Å². The van der Waals surface area contributed by atoms with E-state index in [0.717, 1.165) is 30.6 Å². The highest BCUT2D eigenvalue weighted by atomic mass is 16.6. The molecule has 0 radical (unpaired) electrons. The van der Waals surface area contributed by atoms with Gasteiger partial charge in [-0.2, -0.15) is 5.10 Å². The summed E-state index contributed by atoms with van der Waals surface area (Å²) in [6.45, 7) is 3.29. The fourth-order valence-corrected chi connectivity index (χ4v) is 2.81. The lowest BCUT2D eigenvalue weighted by molar-refractivity contribution is -0.145. The van der Waals surface area contributed by atoms with Gasteiger partial charge in [0.25, 0.3) is 5.56 Å². The SMILES string of the molecule is C[C@@H]1C[C@@H](N2CCc3nn(C)c(=O)cc3C2)C(=O)O1. The zero-order valence-corrected chi connectivity index (χ0v) is 11.1. The Bertz CT molecular complexity index is 581. The van der Waals surface area contributed by atoms with Crippen molar-refractivity contribution in [3.8, 4) is 0 Å². The number of aryl methyl sites for hydroxylation is 1. The van der Waals surface area contributed by atoms with Crippen molar-refractivity contribution in [2.24, 2.45) is 7.05 Å². The summed E-state index contributed by atoms with van der Waals surface area (Å²) in [6, 6.07) is 1.45. The third kappa shape index (κ3) is 2.16. The van der Waals surface area contributed by atoms with Crippen LogP contribution in [-0.2, 0) is 29.5 Å². The van der Waals surface area contributed by atoms with Gasteiger partial charge in [0.15, 0.2) is 0 Å². The highest BCUT2D eigenvalue weighted by molar-refractivity contribution is 5.78. The molecule has 0 saturated carbocycles. The molecular formula is C13H17N3O3. The number of carbonyl (C=O) groups is 1. The summed E-state index contributed by atoms with van der Waals surface area (Å²) in [5, 5.41) is 4.27. The second kappa shape index (κ2) is 4.45. The van der Waals surface area contributed by atoms with E-state index in [4.69, 9.17) is 4.74 Å². The van der Waals surface area contributed by atoms with Crippen molar-refractivity contribution >= 4 is 5.97 Å². The predicted molar refractivity (Wildman–Crippen MR) is 67.6 cm³/mol. The van der Waals surface area contributed by atoms with Gasteiger partial charge in [-0.1, -0.05) is 0 Å². The molecule has 2 aliphatic heterocycles. The standard InChI is InChI=1S/C13H17N3O3/c1-8-5-11(13(18)19-8)16-4-3-10-9(7-16)6-12(17)15(2)14-10/h6,8,11H,3-5,7H2,1-2H3/t8-,11-/m1/s1. The van der Waals surface area contributed by atoms with Crippen LogP contribution >= 0.6 is 0 Å². The zero-order valence-electron chi connectivity index (χ0n) is 11.1. The van der Waals surface area contributed by atoms with Crippen molar-refractivity contribution in [1.29, 1.82) is 0 Å². The molecule has 0 spiro atoms. The molecule has 102 valence electrons. The number of nitrogens with zero attached hydrogens (tertiary/aromatic N) is 3. The molecule has 2 aliphatic rings. The lowest BCUT2D eigenvalue weighted by atomic mass is 10.0. The van der Waals surface area contributed by atoms with Gasteiger partial charge in [0.1, 0.15) is 12.1 Å². The van der Waals surface area contributed by atoms with E-state index < -0.39 is 0 Å². The Morgan fingerprint density at radius 2 is 2.21 bits per heavy atom. The van der Waals surface area contributed by atoms with Gasteiger partial charge in [-0.25, -0.2) is 4.68 Å². The van der Waals surface area contributed by atoms with Gasteiger partial charge in [-0.05, 0) is 12.5 Å². The smallest absolute Gasteiger partial charge is 0.323 e. The molecule has 1 saturated heterocycles. The number of esters is 1. The molecule has 19 heavy (non-hydrogen) atoms. The molecule has 0 aliphatic carbocycles. The van der Waals surface area contributed by atoms with Crippen molar-refractivity contribution < 1.29 is 9.53 Å². The molecule has 6 heteroatoms. The van der Waals surface area contributed by atoms with Crippen molar-refractivity contribution in [3.63, 3.8) is 0 Å². The van der Waals surface area contributed by atoms with Gasteiger partial charge < -0.3 is 4.74 Å². The van der Waals surface area contributed by atoms with E-state index in [1.807, 2.05) is 6.92 Å². The molecule has 6 nitrogen and oxygen atoms in total. The maximum atomic E-state index is 11.8. The molecule has 1 aromatic rings. The molecule has 0 aromatic carbocycles. The molecule has 2 atom stereocenters. The second-order valence-electron chi connectivity index (χ2n) is 5.30. The molecule has 3 rings (SSSR count). The molecule has 0 bridgehead atoms. The highest BCUT2D eigenvalue weighted by Gasteiger charge is 2.37. The van der Waals surface area contributed by atoms with E-state index in [0.29, 0.717) is 6.54 Å². The van der Waals surface area contributed by atoms with Gasteiger partial charge in [-0.15, -0.1) is 0 Å². The quantitative estimate of drug-likeness (QED) is 0.659. The van der Waals surface area contributed by atoms with Crippen LogP contribution in [0.25, 0.3) is 0 Å². The molecule has 1 aromatic heterocycles. The Morgan fingerprint density at radius 1 is 1.42 bits per heavy atom. The number of carbonyl (C=O) groups excluding carboxylic acids is 1. The summed E-state index contributed by atoms with van der Waals surface area (Å²) in [4.78, 5) is 25.5. The fourth-order valence-electron chi connectivity index (χ4n) is 2.81. The largest absolute Gasteiger partial charge is 0.461 e. The Balaban J connectivity index is 1.84. The van der Waals surface area contributed by atoms with Crippen LogP contribution in [0.15, 0.2) is 10.9 Å². The van der Waals surface area contributed by atoms with Crippen molar-refractivity contribution in [2.75, 3.05) is 6.54 Å². The molecule has 3 heterocycles. The van der Waals surface area contributed by atoms with Crippen LogP contribution < -0.4 is 5.56 Å². The second-order valence-corrected chi connectivity index (χ2v) is 5.30. The first kappa shape index (κ1) is 12.3. The van der Waals surface area contributed by atoms with E-state index in [1.54, 1.807) is 13.1 Å². The monoisotopic (exact) mass is 263 g/mol. The highest BCUT2D eigenvalue weighted by Crippen LogP contribution is 2.25. The van der Waals surface area contributed by atoms with E-state index in [-0.39, 0.29) is 23.7 Å². The predicted octanol–water partition coefficient (Wildman–Crippen LogP) is -0.158. The summed E-state index contributed by atoms with van der Waals surface area (Å²) in [5.74, 6) is -0.146. The number of hydrogen-bond acceptors (Lipinski definition) is 5. The number of aromatic nitrogens is 2. The number of rotatable bonds is 1. The van der Waals surface area contributed by atoms with Gasteiger partial charge >= 0.3 is 5.97 Å². The third-order valence-electron chi connectivity index (χ3n) is 3.85. The first-order valence-corrected chi connectivity index (χ1v) is 6.55. The number of ether oxygens (including phenoxy) is 1. The van der Waals surface area contributed by atoms with Gasteiger partial charge in [-0.3, -0.25) is 14.5 Å². The minimum absolute atomic E-state index is 0.0133. The van der Waals surface area contributed by atoms with E-state index in [9.17, 15) is 9.59 Å². The molecule has 1 fully saturated rings. The van der Waals surface area contributed by atoms with Crippen LogP contribution in [-0.4, -0.2) is 39.3 Å². The van der Waals surface area contributed by atoms with Crippen LogP contribution in [0.1, 0.15) is 24.6 Å². The summed E-state index contributed by atoms with van der Waals surface area (Å²) in [5.41, 5.74) is 1.78. The molecule has 0 unspecified atom stereocenters. The summed E-state index contributed by atoms with van der Waals surface area (Å²) < 4.78 is 6.56. The minimum atomic E-state index is -0.174. The van der Waals surface area contributed by atoms with Gasteiger partial charge in [0.2, 0.25) is 0 Å². The maximum Gasteiger partial charge on any atom is 0.323 e. The Labute approximate surface area is 111 Å². The number of cyclic esters (lactones) is 1. The van der Waals surface area contributed by atoms with Crippen LogP contribution in [0, 0.1) is 0 Å². The van der Waals surface area contributed by atoms with Crippen molar-refractivity contribution in [1.82, 2.24) is 14.7 Å². The van der Waals surface area contributed by atoms with Crippen LogP contribution in [0.5, 0.6) is 0 Å². The molecule has 0 amide bonds. The average Bonchev–Trinajstić information content (AvgIpc) is 2.69. The van der Waals surface area contributed by atoms with Crippen molar-refractivity contribution in [3.05, 3.63) is 27.7 Å². The average molecular weight is 263 g/mol. The van der Waals surface area contributed by atoms with Crippen LogP contribution in [0.3, 0.4) is 0 Å². The summed E-state index contributed by atoms with van der Waals surface area (Å²) in [7, 11) is 1.66. The lowest BCUT2D eigenvalue weighted by Crippen LogP contribution is -2.43. The summed E-state index contributed by atoms with van der Waals surface area (Å²) in [6.07, 6.45) is 1.48. The first-order valence-electron chi connectivity index (χ1n) is 6.55. The normalized spacial score (nSPS) is 27.2. The minimum Gasteiger partial charge on any atom is -0.461 e. The third-order valence-corrected chi connectivity index (χ3v) is 3.85. The Kier molecular flexibility index (Phi) is 2.89. The van der Waals surface area contributed by atoms with E-state index >= 15 is 0 Å². The van der Waals surface area contributed by atoms with Gasteiger partial charge in [0.05, 0.1) is 5.69 Å². The summed E-state index contributed by atoms with van der Waals surface area (Å²) >= 11 is 0. The van der Waals surface area contributed by atoms with Gasteiger partial charge in [0, 0.05) is 39.0 Å². The molecular weight excluding hydrogens is 246 g/mol. The van der Waals surface area contributed by atoms with E-state index in [2.05, 4.69) is 10.00 Å². The maximum absolute atomic E-state index is 11.8. The fraction of sp³-hybridized carbons (Fsp3) is 0.615. The van der Waals surface area contributed by atoms with E-state index in [1.165, 1.54) is 4.68 Å². The zero-order chi connectivity index (χ0) is 13.6. The van der Waals surface area contributed by atoms with Crippen molar-refractivity contribution in [2.45, 2.75) is 38.5 Å². The van der Waals surface area contributed by atoms with Crippen LogP contribution in [0.2, 0.25) is 0 Å². The lowest BCUT2D eigenvalue weighted by Gasteiger charge is -2.30. The Morgan fingerprint density at radius 3 is 2.89 bits per heavy atom. The first-order chi connectivity index (χ1) is 9.04. The number of hydrogen-bond donors (Lipinski definition) is 0.